The van der Waals surface area contributed by atoms with Crippen molar-refractivity contribution in [2.45, 2.75) is 58.0 Å². The molecule has 114 valence electrons. The van der Waals surface area contributed by atoms with Crippen LogP contribution in [0.4, 0.5) is 0 Å². The van der Waals surface area contributed by atoms with Gasteiger partial charge in [0, 0.05) is 19.1 Å². The number of carbonyl (C=O) groups is 2. The molecule has 0 aromatic carbocycles. The normalized spacial score (nSPS) is 26.3. The van der Waals surface area contributed by atoms with Gasteiger partial charge in [-0.15, -0.1) is 0 Å². The highest BCUT2D eigenvalue weighted by Crippen LogP contribution is 2.18. The molecule has 0 aliphatic carbocycles. The van der Waals surface area contributed by atoms with Gasteiger partial charge < -0.3 is 10.2 Å². The summed E-state index contributed by atoms with van der Waals surface area (Å²) >= 11 is 0. The second-order valence-electron chi connectivity index (χ2n) is 5.97. The molecule has 2 fully saturated rings. The second-order valence-corrected chi connectivity index (χ2v) is 5.97. The van der Waals surface area contributed by atoms with Crippen molar-refractivity contribution in [3.8, 4) is 0 Å². The van der Waals surface area contributed by atoms with Crippen LogP contribution in [0.1, 0.15) is 46.0 Å². The first-order valence-corrected chi connectivity index (χ1v) is 7.95. The summed E-state index contributed by atoms with van der Waals surface area (Å²) in [7, 11) is 0. The maximum absolute atomic E-state index is 12.2. The topological polar surface area (TPSA) is 52.7 Å². The fourth-order valence-corrected chi connectivity index (χ4v) is 3.04. The van der Waals surface area contributed by atoms with E-state index >= 15 is 0 Å². The van der Waals surface area contributed by atoms with Crippen LogP contribution in [0.15, 0.2) is 0 Å². The van der Waals surface area contributed by atoms with Crippen LogP contribution < -0.4 is 5.32 Å². The fourth-order valence-electron chi connectivity index (χ4n) is 3.04. The number of imide groups is 1. The molecule has 0 aromatic heterocycles. The van der Waals surface area contributed by atoms with Crippen LogP contribution in [0.5, 0.6) is 0 Å². The van der Waals surface area contributed by atoms with E-state index in [2.05, 4.69) is 10.2 Å². The Labute approximate surface area is 121 Å². The molecular formula is C15H27N3O2. The Hall–Kier alpha value is -0.940. The van der Waals surface area contributed by atoms with E-state index in [1.807, 2.05) is 13.8 Å². The number of hydrogen-bond acceptors (Lipinski definition) is 4. The van der Waals surface area contributed by atoms with Crippen LogP contribution in [0.25, 0.3) is 0 Å². The zero-order valence-electron chi connectivity index (χ0n) is 12.7. The highest BCUT2D eigenvalue weighted by atomic mass is 16.2. The maximum atomic E-state index is 12.2. The van der Waals surface area contributed by atoms with Gasteiger partial charge >= 0.3 is 0 Å². The number of piperidine rings is 1. The Morgan fingerprint density at radius 3 is 2.60 bits per heavy atom. The smallest absolute Gasteiger partial charge is 0.247 e. The monoisotopic (exact) mass is 281 g/mol. The number of rotatable bonds is 6. The van der Waals surface area contributed by atoms with Crippen molar-refractivity contribution in [3.63, 3.8) is 0 Å². The minimum absolute atomic E-state index is 0.0175. The molecule has 0 spiro atoms. The lowest BCUT2D eigenvalue weighted by molar-refractivity contribution is -0.141. The maximum Gasteiger partial charge on any atom is 0.247 e. The molecule has 2 saturated heterocycles. The fraction of sp³-hybridized carbons (Fsp3) is 0.867. The molecular weight excluding hydrogens is 254 g/mol. The van der Waals surface area contributed by atoms with Crippen LogP contribution in [-0.2, 0) is 9.59 Å². The van der Waals surface area contributed by atoms with Crippen LogP contribution in [0.3, 0.4) is 0 Å². The molecule has 0 radical (unpaired) electrons. The Morgan fingerprint density at radius 2 is 1.95 bits per heavy atom. The molecule has 2 amide bonds. The lowest BCUT2D eigenvalue weighted by atomic mass is 10.1. The van der Waals surface area contributed by atoms with Gasteiger partial charge in [-0.3, -0.25) is 14.5 Å². The first kappa shape index (κ1) is 15.4. The number of hydrogen-bond donors (Lipinski definition) is 1. The standard InChI is InChI=1S/C15H27N3O2/c1-3-12(2)18-14(19)11-13(15(18)20)16-7-10-17-8-5-4-6-9-17/h12-13,16H,3-11H2,1-2H3. The van der Waals surface area contributed by atoms with E-state index in [4.69, 9.17) is 0 Å². The number of nitrogens with one attached hydrogen (secondary N) is 1. The van der Waals surface area contributed by atoms with Crippen molar-refractivity contribution in [3.05, 3.63) is 0 Å². The first-order valence-electron chi connectivity index (χ1n) is 7.95. The van der Waals surface area contributed by atoms with E-state index in [9.17, 15) is 9.59 Å². The molecule has 2 unspecified atom stereocenters. The summed E-state index contributed by atoms with van der Waals surface area (Å²) in [5.74, 6) is -0.0668. The van der Waals surface area contributed by atoms with Crippen LogP contribution in [0.2, 0.25) is 0 Å². The predicted octanol–water partition coefficient (Wildman–Crippen LogP) is 0.988. The summed E-state index contributed by atoms with van der Waals surface area (Å²) in [6.07, 6.45) is 5.04. The summed E-state index contributed by atoms with van der Waals surface area (Å²) in [5.41, 5.74) is 0. The quantitative estimate of drug-likeness (QED) is 0.738. The molecule has 2 aliphatic rings. The zero-order valence-corrected chi connectivity index (χ0v) is 12.7. The third kappa shape index (κ3) is 3.58. The van der Waals surface area contributed by atoms with E-state index in [1.54, 1.807) is 0 Å². The van der Waals surface area contributed by atoms with Crippen LogP contribution >= 0.6 is 0 Å². The Morgan fingerprint density at radius 1 is 1.25 bits per heavy atom. The van der Waals surface area contributed by atoms with Crippen molar-refractivity contribution in [2.24, 2.45) is 0 Å². The average Bonchev–Trinajstić information content (AvgIpc) is 2.74. The summed E-state index contributed by atoms with van der Waals surface area (Å²) < 4.78 is 0. The Kier molecular flexibility index (Phi) is 5.54. The van der Waals surface area contributed by atoms with Crippen molar-refractivity contribution in [1.82, 2.24) is 15.1 Å². The summed E-state index contributed by atoms with van der Waals surface area (Å²) in [5, 5.41) is 3.26. The SMILES string of the molecule is CCC(C)N1C(=O)CC(NCCN2CCCCC2)C1=O. The number of likely N-dealkylation sites (tertiary alicyclic amines) is 2. The van der Waals surface area contributed by atoms with Crippen molar-refractivity contribution in [1.29, 1.82) is 0 Å². The predicted molar refractivity (Wildman–Crippen MR) is 78.3 cm³/mol. The van der Waals surface area contributed by atoms with Gasteiger partial charge in [0.2, 0.25) is 11.8 Å². The molecule has 0 saturated carbocycles. The van der Waals surface area contributed by atoms with E-state index in [0.29, 0.717) is 6.42 Å². The van der Waals surface area contributed by atoms with Gasteiger partial charge in [0.05, 0.1) is 12.5 Å². The molecule has 5 heteroatoms. The minimum Gasteiger partial charge on any atom is -0.304 e. The van der Waals surface area contributed by atoms with Gasteiger partial charge in [-0.25, -0.2) is 0 Å². The van der Waals surface area contributed by atoms with E-state index < -0.39 is 0 Å². The molecule has 0 aromatic rings. The molecule has 1 N–H and O–H groups in total. The highest BCUT2D eigenvalue weighted by molar-refractivity contribution is 6.05. The van der Waals surface area contributed by atoms with Crippen molar-refractivity contribution < 1.29 is 9.59 Å². The highest BCUT2D eigenvalue weighted by Gasteiger charge is 2.40. The van der Waals surface area contributed by atoms with Gasteiger partial charge in [-0.1, -0.05) is 13.3 Å². The molecule has 2 aliphatic heterocycles. The van der Waals surface area contributed by atoms with Crippen molar-refractivity contribution in [2.75, 3.05) is 26.2 Å². The van der Waals surface area contributed by atoms with Gasteiger partial charge in [0.15, 0.2) is 0 Å². The molecule has 2 atom stereocenters. The summed E-state index contributed by atoms with van der Waals surface area (Å²) in [4.78, 5) is 28.0. The Bertz CT molecular complexity index is 353. The number of carbonyl (C=O) groups excluding carboxylic acids is 2. The van der Waals surface area contributed by atoms with Crippen molar-refractivity contribution >= 4 is 11.8 Å². The summed E-state index contributed by atoms with van der Waals surface area (Å²) in [6, 6.07) is -0.287. The lowest BCUT2D eigenvalue weighted by Gasteiger charge is -2.27. The van der Waals surface area contributed by atoms with Crippen LogP contribution in [0, 0.1) is 0 Å². The largest absolute Gasteiger partial charge is 0.304 e. The molecule has 2 heterocycles. The van der Waals surface area contributed by atoms with Gasteiger partial charge in [-0.2, -0.15) is 0 Å². The third-order valence-electron chi connectivity index (χ3n) is 4.48. The molecule has 5 nitrogen and oxygen atoms in total. The molecule has 20 heavy (non-hydrogen) atoms. The average molecular weight is 281 g/mol. The minimum atomic E-state index is -0.304. The second kappa shape index (κ2) is 7.18. The van der Waals surface area contributed by atoms with E-state index in [-0.39, 0.29) is 23.9 Å². The van der Waals surface area contributed by atoms with E-state index in [0.717, 1.165) is 32.6 Å². The van der Waals surface area contributed by atoms with Crippen LogP contribution in [-0.4, -0.2) is 59.9 Å². The zero-order chi connectivity index (χ0) is 14.5. The Balaban J connectivity index is 1.76. The lowest BCUT2D eigenvalue weighted by Crippen LogP contribution is -2.45. The molecule has 0 bridgehead atoms. The van der Waals surface area contributed by atoms with Gasteiger partial charge in [-0.05, 0) is 39.3 Å². The summed E-state index contributed by atoms with van der Waals surface area (Å²) in [6.45, 7) is 8.03. The molecule has 2 rings (SSSR count). The third-order valence-corrected chi connectivity index (χ3v) is 4.48. The van der Waals surface area contributed by atoms with Gasteiger partial charge in [0.25, 0.3) is 0 Å². The first-order chi connectivity index (χ1) is 9.63. The number of nitrogens with zero attached hydrogens (tertiary/aromatic N) is 2. The van der Waals surface area contributed by atoms with E-state index in [1.165, 1.54) is 24.2 Å². The van der Waals surface area contributed by atoms with Gasteiger partial charge in [0.1, 0.15) is 0 Å². The number of amides is 2.